The number of allylic oxidation sites excluding steroid dienone is 2. The van der Waals surface area contributed by atoms with E-state index in [1.54, 1.807) is 14.2 Å². The molecule has 158 valence electrons. The zero-order valence-electron chi connectivity index (χ0n) is 19.0. The summed E-state index contributed by atoms with van der Waals surface area (Å²) in [5.74, 6) is 1.99. The number of fused-ring (bicyclic) bond motifs is 1. The van der Waals surface area contributed by atoms with E-state index in [1.165, 1.54) is 18.4 Å². The van der Waals surface area contributed by atoms with Crippen molar-refractivity contribution >= 4 is 5.78 Å². The van der Waals surface area contributed by atoms with Gasteiger partial charge in [-0.2, -0.15) is 0 Å². The van der Waals surface area contributed by atoms with Crippen LogP contribution in [0.5, 0.6) is 11.5 Å². The van der Waals surface area contributed by atoms with Gasteiger partial charge >= 0.3 is 0 Å². The summed E-state index contributed by atoms with van der Waals surface area (Å²) in [7, 11) is 3.24. The van der Waals surface area contributed by atoms with Crippen LogP contribution in [0.1, 0.15) is 79.0 Å². The second-order valence-electron chi connectivity index (χ2n) is 8.98. The van der Waals surface area contributed by atoms with Gasteiger partial charge < -0.3 is 9.47 Å². The Bertz CT molecular complexity index is 715. The number of rotatable bonds is 4. The Balaban J connectivity index is 0.00000136. The van der Waals surface area contributed by atoms with Crippen LogP contribution >= 0.6 is 0 Å². The highest BCUT2D eigenvalue weighted by Gasteiger charge is 2.54. The average Bonchev–Trinajstić information content (AvgIpc) is 2.67. The molecule has 1 saturated carbocycles. The van der Waals surface area contributed by atoms with Crippen molar-refractivity contribution in [2.75, 3.05) is 14.2 Å². The summed E-state index contributed by atoms with van der Waals surface area (Å²) in [5, 5.41) is 0. The maximum Gasteiger partial charge on any atom is 0.170 e. The number of methoxy groups -OCH3 is 2. The van der Waals surface area contributed by atoms with Gasteiger partial charge in [-0.05, 0) is 55.1 Å². The second-order valence-corrected chi connectivity index (χ2v) is 8.98. The quantitative estimate of drug-likeness (QED) is 0.413. The third-order valence-corrected chi connectivity index (χ3v) is 6.96. The van der Waals surface area contributed by atoms with Crippen LogP contribution in [0.25, 0.3) is 0 Å². The van der Waals surface area contributed by atoms with Gasteiger partial charge in [-0.1, -0.05) is 52.7 Å². The Kier molecular flexibility index (Phi) is 7.01. The maximum absolute atomic E-state index is 13.7. The first-order valence-corrected chi connectivity index (χ1v) is 10.7. The molecule has 28 heavy (non-hydrogen) atoms. The number of Topliss-reactive ketones (excluding diaryl/α,β-unsaturated/α-hetero) is 1. The molecule has 0 aromatic heterocycles. The summed E-state index contributed by atoms with van der Waals surface area (Å²) in [5.41, 5.74) is 2.18. The maximum atomic E-state index is 13.7. The topological polar surface area (TPSA) is 35.5 Å². The van der Waals surface area contributed by atoms with Crippen molar-refractivity contribution < 1.29 is 15.7 Å². The molecule has 2 aliphatic carbocycles. The van der Waals surface area contributed by atoms with Crippen molar-refractivity contribution in [2.24, 2.45) is 22.7 Å². The molecule has 0 radical (unpaired) electrons. The van der Waals surface area contributed by atoms with E-state index >= 15 is 0 Å². The molecule has 1 aromatic carbocycles. The first kappa shape index (κ1) is 22.5. The van der Waals surface area contributed by atoms with E-state index in [2.05, 4.69) is 33.8 Å². The molecule has 0 heterocycles. The molecule has 3 nitrogen and oxygen atoms in total. The van der Waals surface area contributed by atoms with Gasteiger partial charge in [0.2, 0.25) is 0 Å². The second kappa shape index (κ2) is 8.71. The predicted octanol–water partition coefficient (Wildman–Crippen LogP) is 6.96. The smallest absolute Gasteiger partial charge is 0.170 e. The fourth-order valence-electron chi connectivity index (χ4n) is 5.66. The fourth-order valence-corrected chi connectivity index (χ4v) is 5.66. The van der Waals surface area contributed by atoms with Gasteiger partial charge in [-0.25, -0.2) is 0 Å². The van der Waals surface area contributed by atoms with Gasteiger partial charge in [0, 0.05) is 19.0 Å². The molecular weight excluding hydrogens is 348 g/mol. The molecule has 3 atom stereocenters. The number of hydrogen-bond acceptors (Lipinski definition) is 3. The Morgan fingerprint density at radius 3 is 2.14 bits per heavy atom. The highest BCUT2D eigenvalue weighted by Crippen LogP contribution is 2.60. The molecule has 1 aromatic rings. The van der Waals surface area contributed by atoms with E-state index < -0.39 is 0 Å². The lowest BCUT2D eigenvalue weighted by molar-refractivity contribution is -0.0294. The molecule has 1 fully saturated rings. The standard InChI is InChI=1S/C23H32O3.C2H6.H2/c1-15-8-9-19-22(2,3)10-7-11-23(19,4)20(15)21(24)16-12-17(25-5)14-18(13-16)26-6;1-2;/h8,12-14,19-20H,7,9-11H2,1-6H3;1-2H3;1H/t19?,20-,23+;;/m1../s1. The van der Waals surface area contributed by atoms with Gasteiger partial charge in [0.15, 0.2) is 5.78 Å². The largest absolute Gasteiger partial charge is 0.497 e. The van der Waals surface area contributed by atoms with E-state index in [0.29, 0.717) is 23.0 Å². The average molecular weight is 389 g/mol. The molecule has 0 saturated heterocycles. The normalized spacial score (nSPS) is 28.2. The van der Waals surface area contributed by atoms with Crippen molar-refractivity contribution in [2.45, 2.75) is 67.2 Å². The summed E-state index contributed by atoms with van der Waals surface area (Å²) < 4.78 is 10.8. The van der Waals surface area contributed by atoms with Crippen molar-refractivity contribution in [1.82, 2.24) is 0 Å². The van der Waals surface area contributed by atoms with E-state index in [9.17, 15) is 4.79 Å². The molecule has 0 bridgehead atoms. The fraction of sp³-hybridized carbons (Fsp3) is 0.640. The van der Waals surface area contributed by atoms with Crippen LogP contribution in [-0.4, -0.2) is 20.0 Å². The zero-order valence-corrected chi connectivity index (χ0v) is 19.0. The summed E-state index contributed by atoms with van der Waals surface area (Å²) in [6.07, 6.45) is 6.94. The van der Waals surface area contributed by atoms with Crippen LogP contribution in [0.15, 0.2) is 29.8 Å². The number of carbonyl (C=O) groups is 1. The monoisotopic (exact) mass is 388 g/mol. The van der Waals surface area contributed by atoms with Gasteiger partial charge in [0.05, 0.1) is 14.2 Å². The van der Waals surface area contributed by atoms with Crippen molar-refractivity contribution in [3.8, 4) is 11.5 Å². The molecule has 2 aliphatic rings. The third kappa shape index (κ3) is 3.99. The minimum Gasteiger partial charge on any atom is -0.497 e. The van der Waals surface area contributed by atoms with Crippen LogP contribution in [0.2, 0.25) is 0 Å². The SMILES string of the molecule is CC.COc1cc(OC)cc(C(=O)[C@H]2C(C)=CCC3C(C)(C)CCC[C@@]32C)c1.[HH]. The van der Waals surface area contributed by atoms with E-state index in [1.807, 2.05) is 32.0 Å². The highest BCUT2D eigenvalue weighted by molar-refractivity contribution is 6.01. The summed E-state index contributed by atoms with van der Waals surface area (Å²) >= 11 is 0. The van der Waals surface area contributed by atoms with Gasteiger partial charge in [-0.3, -0.25) is 4.79 Å². The highest BCUT2D eigenvalue weighted by atomic mass is 16.5. The third-order valence-electron chi connectivity index (χ3n) is 6.96. The molecule has 1 unspecified atom stereocenters. The lowest BCUT2D eigenvalue weighted by atomic mass is 9.48. The molecular formula is C25H40O3. The van der Waals surface area contributed by atoms with Gasteiger partial charge in [0.25, 0.3) is 0 Å². The lowest BCUT2D eigenvalue weighted by Crippen LogP contribution is -2.50. The molecule has 3 rings (SSSR count). The number of ether oxygens (including phenoxy) is 2. The first-order chi connectivity index (χ1) is 13.2. The summed E-state index contributed by atoms with van der Waals surface area (Å²) in [4.78, 5) is 13.7. The van der Waals surface area contributed by atoms with E-state index in [-0.39, 0.29) is 24.0 Å². The minimum absolute atomic E-state index is 0. The Morgan fingerprint density at radius 1 is 1.04 bits per heavy atom. The van der Waals surface area contributed by atoms with Crippen LogP contribution < -0.4 is 9.47 Å². The van der Waals surface area contributed by atoms with Crippen LogP contribution in [0.3, 0.4) is 0 Å². The molecule has 0 aliphatic heterocycles. The number of carbonyl (C=O) groups excluding carboxylic acids is 1. The number of ketones is 1. The number of benzene rings is 1. The first-order valence-electron chi connectivity index (χ1n) is 10.7. The Labute approximate surface area is 173 Å². The van der Waals surface area contributed by atoms with E-state index in [0.717, 1.165) is 12.8 Å². The van der Waals surface area contributed by atoms with Crippen molar-refractivity contribution in [3.63, 3.8) is 0 Å². The zero-order chi connectivity index (χ0) is 21.1. The van der Waals surface area contributed by atoms with Gasteiger partial charge in [-0.15, -0.1) is 0 Å². The lowest BCUT2D eigenvalue weighted by Gasteiger charge is -2.56. The molecule has 0 amide bonds. The summed E-state index contributed by atoms with van der Waals surface area (Å²) in [6.45, 7) is 13.2. The Hall–Kier alpha value is -1.77. The van der Waals surface area contributed by atoms with Crippen LogP contribution in [-0.2, 0) is 0 Å². The predicted molar refractivity (Wildman–Crippen MR) is 118 cm³/mol. The number of hydrogen-bond donors (Lipinski definition) is 0. The summed E-state index contributed by atoms with van der Waals surface area (Å²) in [6, 6.07) is 5.51. The molecule has 0 spiro atoms. The molecule has 3 heteroatoms. The van der Waals surface area contributed by atoms with Crippen molar-refractivity contribution in [3.05, 3.63) is 35.4 Å². The minimum atomic E-state index is -0.0716. The molecule has 0 N–H and O–H groups in total. The van der Waals surface area contributed by atoms with Crippen molar-refractivity contribution in [1.29, 1.82) is 0 Å². The van der Waals surface area contributed by atoms with Gasteiger partial charge in [0.1, 0.15) is 11.5 Å². The van der Waals surface area contributed by atoms with Crippen LogP contribution in [0, 0.1) is 22.7 Å². The Morgan fingerprint density at radius 2 is 1.61 bits per heavy atom. The van der Waals surface area contributed by atoms with Crippen LogP contribution in [0.4, 0.5) is 0 Å². The van der Waals surface area contributed by atoms with E-state index in [4.69, 9.17) is 9.47 Å².